The minimum Gasteiger partial charge on any atom is -0.494 e. The van der Waals surface area contributed by atoms with E-state index in [-0.39, 0.29) is 11.5 Å². The number of halogens is 3. The number of nitrogens with zero attached hydrogens (tertiary/aromatic N) is 1. The number of pyridine rings is 1. The van der Waals surface area contributed by atoms with E-state index in [2.05, 4.69) is 4.98 Å². The zero-order valence-electron chi connectivity index (χ0n) is 16.9. The summed E-state index contributed by atoms with van der Waals surface area (Å²) in [5.74, 6) is 1.12. The lowest BCUT2D eigenvalue weighted by Gasteiger charge is -2.17. The third-order valence-corrected chi connectivity index (χ3v) is 4.41. The summed E-state index contributed by atoms with van der Waals surface area (Å²) in [7, 11) is 2.77. The largest absolute Gasteiger partial charge is 0.494 e. The molecule has 30 heavy (non-hydrogen) atoms. The maximum atomic E-state index is 12.7. The molecule has 0 saturated heterocycles. The highest BCUT2D eigenvalue weighted by Crippen LogP contribution is 2.40. The lowest BCUT2D eigenvalue weighted by atomic mass is 10.00. The van der Waals surface area contributed by atoms with Gasteiger partial charge in [-0.05, 0) is 54.1 Å². The van der Waals surface area contributed by atoms with Gasteiger partial charge in [0.1, 0.15) is 5.75 Å². The second kappa shape index (κ2) is 9.11. The molecule has 3 rings (SSSR count). The number of hydrogen-bond acceptors (Lipinski definition) is 5. The van der Waals surface area contributed by atoms with Crippen molar-refractivity contribution in [3.63, 3.8) is 0 Å². The molecule has 3 aromatic rings. The number of fused-ring (bicyclic) bond motifs is 1. The highest BCUT2D eigenvalue weighted by Gasteiger charge is 2.29. The highest BCUT2D eigenvalue weighted by molar-refractivity contribution is 5.86. The molecular formula is C22H22F3NO4. The monoisotopic (exact) mass is 421 g/mol. The van der Waals surface area contributed by atoms with Gasteiger partial charge in [0.2, 0.25) is 5.75 Å². The summed E-state index contributed by atoms with van der Waals surface area (Å²) in [5, 5.41) is 1.88. The van der Waals surface area contributed by atoms with Crippen LogP contribution in [0.15, 0.2) is 42.7 Å². The van der Waals surface area contributed by atoms with E-state index in [9.17, 15) is 13.2 Å². The Morgan fingerprint density at radius 2 is 1.70 bits per heavy atom. The van der Waals surface area contributed by atoms with E-state index >= 15 is 0 Å². The molecule has 0 aliphatic heterocycles. The van der Waals surface area contributed by atoms with Gasteiger partial charge < -0.3 is 18.9 Å². The van der Waals surface area contributed by atoms with Gasteiger partial charge in [-0.15, -0.1) is 0 Å². The minimum atomic E-state index is -4.47. The first-order valence-corrected chi connectivity index (χ1v) is 9.28. The predicted octanol–water partition coefficient (Wildman–Crippen LogP) is 5.18. The van der Waals surface area contributed by atoms with Gasteiger partial charge >= 0.3 is 6.18 Å². The highest BCUT2D eigenvalue weighted by atomic mass is 19.4. The number of ether oxygens (including phenoxy) is 4. The summed E-state index contributed by atoms with van der Waals surface area (Å²) >= 11 is 0. The van der Waals surface area contributed by atoms with E-state index in [0.717, 1.165) is 22.1 Å². The Morgan fingerprint density at radius 1 is 0.933 bits per heavy atom. The summed E-state index contributed by atoms with van der Waals surface area (Å²) in [6, 6.07) is 8.97. The Labute approximate surface area is 172 Å². The van der Waals surface area contributed by atoms with Gasteiger partial charge in [-0.25, -0.2) is 0 Å². The third-order valence-electron chi connectivity index (χ3n) is 4.41. The number of alkyl halides is 3. The van der Waals surface area contributed by atoms with Gasteiger partial charge in [0.05, 0.1) is 20.8 Å². The lowest BCUT2D eigenvalue weighted by Crippen LogP contribution is -2.19. The van der Waals surface area contributed by atoms with Gasteiger partial charge in [-0.2, -0.15) is 13.2 Å². The van der Waals surface area contributed by atoms with Crippen molar-refractivity contribution in [2.45, 2.75) is 19.5 Å². The number of benzene rings is 2. The van der Waals surface area contributed by atoms with Crippen LogP contribution in [0.25, 0.3) is 10.8 Å². The van der Waals surface area contributed by atoms with Crippen molar-refractivity contribution < 1.29 is 32.1 Å². The molecule has 0 atom stereocenters. The van der Waals surface area contributed by atoms with E-state index in [0.29, 0.717) is 24.3 Å². The SMILES string of the molecule is CCOc1ccc2c(Cc3cc(OC)c(OC)c(OCC(F)(F)F)c3)cncc2c1. The summed E-state index contributed by atoms with van der Waals surface area (Å²) in [4.78, 5) is 4.29. The fourth-order valence-corrected chi connectivity index (χ4v) is 3.19. The summed E-state index contributed by atoms with van der Waals surface area (Å²) < 4.78 is 59.0. The average molecular weight is 421 g/mol. The van der Waals surface area contributed by atoms with Crippen LogP contribution in [0.1, 0.15) is 18.1 Å². The number of aromatic nitrogens is 1. The zero-order valence-corrected chi connectivity index (χ0v) is 16.9. The van der Waals surface area contributed by atoms with Crippen LogP contribution in [0.3, 0.4) is 0 Å². The molecule has 0 aliphatic carbocycles. The smallest absolute Gasteiger partial charge is 0.422 e. The molecule has 2 aromatic carbocycles. The predicted molar refractivity (Wildman–Crippen MR) is 107 cm³/mol. The van der Waals surface area contributed by atoms with Crippen LogP contribution >= 0.6 is 0 Å². The summed E-state index contributed by atoms with van der Waals surface area (Å²) in [6.07, 6.45) is -0.573. The molecule has 0 unspecified atom stereocenters. The zero-order chi connectivity index (χ0) is 21.7. The Kier molecular flexibility index (Phi) is 6.54. The number of rotatable bonds is 8. The molecule has 0 aliphatic rings. The molecule has 1 heterocycles. The van der Waals surface area contributed by atoms with Crippen LogP contribution in [0, 0.1) is 0 Å². The first-order chi connectivity index (χ1) is 14.3. The van der Waals surface area contributed by atoms with Crippen molar-refractivity contribution in [1.29, 1.82) is 0 Å². The molecule has 0 spiro atoms. The van der Waals surface area contributed by atoms with Crippen LogP contribution in [0.4, 0.5) is 13.2 Å². The first-order valence-electron chi connectivity index (χ1n) is 9.28. The molecule has 5 nitrogen and oxygen atoms in total. The maximum Gasteiger partial charge on any atom is 0.422 e. The van der Waals surface area contributed by atoms with Crippen LogP contribution in [-0.2, 0) is 6.42 Å². The third kappa shape index (κ3) is 5.06. The number of hydrogen-bond donors (Lipinski definition) is 0. The van der Waals surface area contributed by atoms with E-state index in [1.54, 1.807) is 18.5 Å². The molecular weight excluding hydrogens is 399 g/mol. The van der Waals surface area contributed by atoms with Crippen molar-refractivity contribution >= 4 is 10.8 Å². The van der Waals surface area contributed by atoms with Crippen LogP contribution in [0.5, 0.6) is 23.0 Å². The molecule has 8 heteroatoms. The Bertz CT molecular complexity index is 1020. The van der Waals surface area contributed by atoms with E-state index in [1.807, 2.05) is 25.1 Å². The second-order valence-corrected chi connectivity index (χ2v) is 6.52. The molecule has 0 fully saturated rings. The normalized spacial score (nSPS) is 11.4. The maximum absolute atomic E-state index is 12.7. The Morgan fingerprint density at radius 3 is 2.37 bits per heavy atom. The minimum absolute atomic E-state index is 0.0315. The van der Waals surface area contributed by atoms with Gasteiger partial charge in [0.25, 0.3) is 0 Å². The quantitative estimate of drug-likeness (QED) is 0.502. The van der Waals surface area contributed by atoms with Crippen LogP contribution in [0.2, 0.25) is 0 Å². The van der Waals surface area contributed by atoms with Gasteiger partial charge in [-0.3, -0.25) is 4.98 Å². The molecule has 0 amide bonds. The van der Waals surface area contributed by atoms with E-state index in [1.165, 1.54) is 20.3 Å². The fraction of sp³-hybridized carbons (Fsp3) is 0.318. The van der Waals surface area contributed by atoms with Crippen LogP contribution in [-0.4, -0.2) is 38.6 Å². The van der Waals surface area contributed by atoms with E-state index < -0.39 is 12.8 Å². The van der Waals surface area contributed by atoms with Gasteiger partial charge in [0.15, 0.2) is 18.1 Å². The lowest BCUT2D eigenvalue weighted by molar-refractivity contribution is -0.153. The van der Waals surface area contributed by atoms with Crippen LogP contribution < -0.4 is 18.9 Å². The molecule has 1 aromatic heterocycles. The summed E-state index contributed by atoms with van der Waals surface area (Å²) in [5.41, 5.74) is 1.61. The van der Waals surface area contributed by atoms with Crippen molar-refractivity contribution in [3.8, 4) is 23.0 Å². The average Bonchev–Trinajstić information content (AvgIpc) is 2.71. The second-order valence-electron chi connectivity index (χ2n) is 6.52. The Hall–Kier alpha value is -3.16. The standard InChI is InChI=1S/C22H22F3NO4/c1-4-29-17-5-6-18-15(11-26-12-16(18)10-17)7-14-8-19(27-2)21(28-3)20(9-14)30-13-22(23,24)25/h5-6,8-12H,4,7,13H2,1-3H3. The van der Waals surface area contributed by atoms with Gasteiger partial charge in [0, 0.05) is 17.8 Å². The molecule has 160 valence electrons. The van der Waals surface area contributed by atoms with Crippen molar-refractivity contribution in [2.24, 2.45) is 0 Å². The molecule has 0 saturated carbocycles. The molecule has 0 radical (unpaired) electrons. The fourth-order valence-electron chi connectivity index (χ4n) is 3.19. The Balaban J connectivity index is 1.97. The topological polar surface area (TPSA) is 49.8 Å². The molecule has 0 N–H and O–H groups in total. The van der Waals surface area contributed by atoms with E-state index in [4.69, 9.17) is 18.9 Å². The molecule has 0 bridgehead atoms. The first kappa shape index (κ1) is 21.5. The number of methoxy groups -OCH3 is 2. The van der Waals surface area contributed by atoms with Gasteiger partial charge in [-0.1, -0.05) is 6.07 Å². The van der Waals surface area contributed by atoms with Crippen molar-refractivity contribution in [1.82, 2.24) is 4.98 Å². The van der Waals surface area contributed by atoms with Crippen molar-refractivity contribution in [2.75, 3.05) is 27.4 Å². The van der Waals surface area contributed by atoms with Crippen molar-refractivity contribution in [3.05, 3.63) is 53.9 Å². The summed E-state index contributed by atoms with van der Waals surface area (Å²) in [6.45, 7) is 1.05.